The van der Waals surface area contributed by atoms with E-state index in [2.05, 4.69) is 20.7 Å². The molecule has 7 nitrogen and oxygen atoms in total. The molecule has 2 heterocycles. The maximum absolute atomic E-state index is 12.0. The van der Waals surface area contributed by atoms with E-state index in [0.717, 1.165) is 22.9 Å². The first-order valence-electron chi connectivity index (χ1n) is 7.81. The van der Waals surface area contributed by atoms with Gasteiger partial charge in [0.1, 0.15) is 5.82 Å². The highest BCUT2D eigenvalue weighted by Gasteiger charge is 2.25. The molecule has 0 unspecified atom stereocenters. The minimum absolute atomic E-state index is 0.0603. The molecule has 1 fully saturated rings. The van der Waals surface area contributed by atoms with Crippen LogP contribution < -0.4 is 5.32 Å². The van der Waals surface area contributed by atoms with Crippen LogP contribution in [0.5, 0.6) is 0 Å². The lowest BCUT2D eigenvalue weighted by Crippen LogP contribution is -2.25. The van der Waals surface area contributed by atoms with Crippen LogP contribution in [0.15, 0.2) is 4.52 Å². The van der Waals surface area contributed by atoms with Crippen molar-refractivity contribution in [2.24, 2.45) is 7.05 Å². The fourth-order valence-corrected chi connectivity index (χ4v) is 2.96. The summed E-state index contributed by atoms with van der Waals surface area (Å²) in [5.41, 5.74) is 1.51. The molecule has 8 heteroatoms. The molecule has 0 radical (unpaired) electrons. The van der Waals surface area contributed by atoms with Crippen molar-refractivity contribution < 1.29 is 9.32 Å². The Hall–Kier alpha value is -1.89. The molecular weight excluding hydrogens is 318 g/mol. The Morgan fingerprint density at radius 1 is 1.43 bits per heavy atom. The van der Waals surface area contributed by atoms with Gasteiger partial charge < -0.3 is 14.4 Å². The maximum atomic E-state index is 12.0. The molecule has 0 spiro atoms. The number of rotatable bonds is 6. The lowest BCUT2D eigenvalue weighted by atomic mass is 9.85. The minimum atomic E-state index is -0.0603. The van der Waals surface area contributed by atoms with Crippen LogP contribution in [0.1, 0.15) is 54.5 Å². The zero-order chi connectivity index (χ0) is 16.4. The summed E-state index contributed by atoms with van der Waals surface area (Å²) in [6, 6.07) is 0. The number of hydrogen-bond acceptors (Lipinski definition) is 5. The molecule has 124 valence electrons. The second-order valence-corrected chi connectivity index (χ2v) is 6.30. The quantitative estimate of drug-likeness (QED) is 0.874. The summed E-state index contributed by atoms with van der Waals surface area (Å²) in [5.74, 6) is 2.26. The molecule has 1 amide bonds. The molecule has 0 bridgehead atoms. The summed E-state index contributed by atoms with van der Waals surface area (Å²) < 4.78 is 6.87. The van der Waals surface area contributed by atoms with Gasteiger partial charge in [0.25, 0.3) is 0 Å². The van der Waals surface area contributed by atoms with Crippen molar-refractivity contribution in [3.05, 3.63) is 28.1 Å². The third-order valence-corrected chi connectivity index (χ3v) is 4.75. The Bertz CT molecular complexity index is 685. The Morgan fingerprint density at radius 3 is 2.83 bits per heavy atom. The normalized spacial score (nSPS) is 14.7. The number of hydrogen-bond donors (Lipinski definition) is 1. The average molecular weight is 338 g/mol. The summed E-state index contributed by atoms with van der Waals surface area (Å²) in [4.78, 5) is 12.0. The first-order valence-corrected chi connectivity index (χ1v) is 8.19. The number of aromatic nitrogens is 4. The number of halogens is 1. The number of nitrogens with one attached hydrogen (secondary N) is 1. The molecule has 1 aliphatic rings. The predicted octanol–water partition coefficient (Wildman–Crippen LogP) is 2.28. The second-order valence-electron chi connectivity index (χ2n) is 5.96. The zero-order valence-corrected chi connectivity index (χ0v) is 14.1. The summed E-state index contributed by atoms with van der Waals surface area (Å²) in [5, 5.41) is 15.3. The fraction of sp³-hybridized carbons (Fsp3) is 0.600. The third kappa shape index (κ3) is 3.39. The van der Waals surface area contributed by atoms with Crippen LogP contribution in [0, 0.1) is 6.92 Å². The van der Waals surface area contributed by atoms with E-state index in [1.165, 1.54) is 19.3 Å². The second kappa shape index (κ2) is 6.70. The maximum Gasteiger partial charge on any atom is 0.229 e. The molecule has 0 atom stereocenters. The van der Waals surface area contributed by atoms with Crippen molar-refractivity contribution in [1.82, 2.24) is 25.2 Å². The first-order chi connectivity index (χ1) is 11.1. The lowest BCUT2D eigenvalue weighted by Gasteiger charge is -2.24. The molecular formula is C15H20ClN5O2. The van der Waals surface area contributed by atoms with Crippen LogP contribution in [0.2, 0.25) is 5.22 Å². The van der Waals surface area contributed by atoms with Gasteiger partial charge >= 0.3 is 0 Å². The van der Waals surface area contributed by atoms with Crippen molar-refractivity contribution in [1.29, 1.82) is 0 Å². The number of aryl methyl sites for hydroxylation is 1. The van der Waals surface area contributed by atoms with Gasteiger partial charge in [-0.1, -0.05) is 11.6 Å². The van der Waals surface area contributed by atoms with Gasteiger partial charge in [-0.15, -0.1) is 10.2 Å². The summed E-state index contributed by atoms with van der Waals surface area (Å²) >= 11 is 5.89. The number of nitrogens with zero attached hydrogens (tertiary/aromatic N) is 4. The topological polar surface area (TPSA) is 85.8 Å². The van der Waals surface area contributed by atoms with E-state index in [4.69, 9.17) is 16.1 Å². The number of carbonyl (C=O) groups excluding carboxylic acids is 1. The van der Waals surface area contributed by atoms with Crippen molar-refractivity contribution in [2.75, 3.05) is 0 Å². The van der Waals surface area contributed by atoms with Crippen molar-refractivity contribution in [3.63, 3.8) is 0 Å². The van der Waals surface area contributed by atoms with Gasteiger partial charge in [-0.25, -0.2) is 0 Å². The lowest BCUT2D eigenvalue weighted by molar-refractivity contribution is -0.121. The Balaban J connectivity index is 1.50. The standard InChI is InChI=1S/C15H20ClN5O2/c1-9-11(14(16)23-20-9)6-7-13(22)17-8-12-18-19-15(21(12)2)10-4-3-5-10/h10H,3-8H2,1-2H3,(H,17,22). The van der Waals surface area contributed by atoms with E-state index in [-0.39, 0.29) is 11.1 Å². The van der Waals surface area contributed by atoms with Crippen LogP contribution in [0.4, 0.5) is 0 Å². The zero-order valence-electron chi connectivity index (χ0n) is 13.3. The van der Waals surface area contributed by atoms with Crippen LogP contribution in [0.25, 0.3) is 0 Å². The summed E-state index contributed by atoms with van der Waals surface area (Å²) in [6.07, 6.45) is 4.45. The van der Waals surface area contributed by atoms with E-state index >= 15 is 0 Å². The molecule has 3 rings (SSSR count). The van der Waals surface area contributed by atoms with Gasteiger partial charge in [0, 0.05) is 24.9 Å². The predicted molar refractivity (Wildman–Crippen MR) is 84.0 cm³/mol. The third-order valence-electron chi connectivity index (χ3n) is 4.45. The minimum Gasteiger partial charge on any atom is -0.349 e. The van der Waals surface area contributed by atoms with Gasteiger partial charge in [0.2, 0.25) is 11.1 Å². The monoisotopic (exact) mass is 337 g/mol. The molecule has 1 aliphatic carbocycles. The highest BCUT2D eigenvalue weighted by atomic mass is 35.5. The Morgan fingerprint density at radius 2 is 2.22 bits per heavy atom. The largest absolute Gasteiger partial charge is 0.349 e. The van der Waals surface area contributed by atoms with Gasteiger partial charge in [0.15, 0.2) is 5.82 Å². The highest BCUT2D eigenvalue weighted by molar-refractivity contribution is 6.29. The SMILES string of the molecule is Cc1noc(Cl)c1CCC(=O)NCc1nnc(C2CCC2)n1C. The first kappa shape index (κ1) is 16.0. The van der Waals surface area contributed by atoms with Crippen LogP contribution >= 0.6 is 11.6 Å². The molecule has 1 saturated carbocycles. The van der Waals surface area contributed by atoms with Gasteiger partial charge in [0.05, 0.1) is 12.2 Å². The van der Waals surface area contributed by atoms with Gasteiger partial charge in [-0.05, 0) is 37.8 Å². The van der Waals surface area contributed by atoms with Crippen molar-refractivity contribution in [3.8, 4) is 0 Å². The molecule has 2 aromatic rings. The fourth-order valence-electron chi connectivity index (χ4n) is 2.70. The molecule has 0 aromatic carbocycles. The molecule has 0 saturated heterocycles. The Labute approximate surface area is 139 Å². The van der Waals surface area contributed by atoms with E-state index < -0.39 is 0 Å². The van der Waals surface area contributed by atoms with Gasteiger partial charge in [-0.2, -0.15) is 0 Å². The van der Waals surface area contributed by atoms with Gasteiger partial charge in [-0.3, -0.25) is 4.79 Å². The summed E-state index contributed by atoms with van der Waals surface area (Å²) in [7, 11) is 1.95. The molecule has 23 heavy (non-hydrogen) atoms. The van der Waals surface area contributed by atoms with Crippen LogP contribution in [-0.4, -0.2) is 25.8 Å². The summed E-state index contributed by atoms with van der Waals surface area (Å²) in [6.45, 7) is 2.19. The molecule has 2 aromatic heterocycles. The van der Waals surface area contributed by atoms with E-state index in [1.807, 2.05) is 18.5 Å². The molecule has 1 N–H and O–H groups in total. The Kier molecular flexibility index (Phi) is 4.66. The van der Waals surface area contributed by atoms with Crippen molar-refractivity contribution >= 4 is 17.5 Å². The molecule has 0 aliphatic heterocycles. The van der Waals surface area contributed by atoms with E-state index in [1.54, 1.807) is 0 Å². The van der Waals surface area contributed by atoms with Crippen molar-refractivity contribution in [2.45, 2.75) is 51.5 Å². The van der Waals surface area contributed by atoms with E-state index in [0.29, 0.717) is 25.3 Å². The van der Waals surface area contributed by atoms with E-state index in [9.17, 15) is 4.79 Å². The number of amides is 1. The smallest absolute Gasteiger partial charge is 0.229 e. The highest BCUT2D eigenvalue weighted by Crippen LogP contribution is 2.35. The average Bonchev–Trinajstić information content (AvgIpc) is 2.98. The van der Waals surface area contributed by atoms with Crippen LogP contribution in [0.3, 0.4) is 0 Å². The van der Waals surface area contributed by atoms with Crippen LogP contribution in [-0.2, 0) is 24.8 Å². The number of carbonyl (C=O) groups is 1.